The Morgan fingerprint density at radius 2 is 1.79 bits per heavy atom. The summed E-state index contributed by atoms with van der Waals surface area (Å²) in [7, 11) is 2.66. The van der Waals surface area contributed by atoms with Gasteiger partial charge in [-0.25, -0.2) is 4.79 Å². The van der Waals surface area contributed by atoms with Gasteiger partial charge in [-0.2, -0.15) is 0 Å². The maximum Gasteiger partial charge on any atom is 0.333 e. The van der Waals surface area contributed by atoms with Gasteiger partial charge in [0.1, 0.15) is 17.1 Å². The van der Waals surface area contributed by atoms with E-state index in [2.05, 4.69) is 0 Å². The highest BCUT2D eigenvalue weighted by molar-refractivity contribution is 7.98. The minimum absolute atomic E-state index is 0.114. The summed E-state index contributed by atoms with van der Waals surface area (Å²) < 4.78 is 10.8. The van der Waals surface area contributed by atoms with Gasteiger partial charge in [0.2, 0.25) is 0 Å². The molecule has 7 nitrogen and oxygen atoms in total. The summed E-state index contributed by atoms with van der Waals surface area (Å²) in [5, 5.41) is 0.631. The number of likely N-dealkylation sites (N-methyl/N-ethyl adjacent to an activating group) is 2. The number of carbonyl (C=O) groups excluding carboxylic acids is 3. The van der Waals surface area contributed by atoms with E-state index in [1.165, 1.54) is 31.9 Å². The molecule has 3 heterocycles. The Hall–Kier alpha value is -2.74. The zero-order valence-corrected chi connectivity index (χ0v) is 13.8. The molecule has 0 aromatic carbocycles. The molecule has 1 saturated heterocycles. The van der Waals surface area contributed by atoms with Crippen molar-refractivity contribution in [2.75, 3.05) is 14.1 Å². The number of barbiturate groups is 1. The first-order valence-electron chi connectivity index (χ1n) is 7.04. The van der Waals surface area contributed by atoms with E-state index in [1.54, 1.807) is 18.4 Å². The summed E-state index contributed by atoms with van der Waals surface area (Å²) in [5.41, 5.74) is -0.114. The lowest BCUT2D eigenvalue weighted by Gasteiger charge is -2.28. The predicted octanol–water partition coefficient (Wildman–Crippen LogP) is 2.60. The van der Waals surface area contributed by atoms with Crippen LogP contribution < -0.4 is 0 Å². The molecule has 1 fully saturated rings. The molecular formula is C16H14N2O5S. The third-order valence-corrected chi connectivity index (χ3v) is 4.40. The molecule has 2 aromatic heterocycles. The minimum atomic E-state index is -0.656. The Morgan fingerprint density at radius 3 is 2.42 bits per heavy atom. The lowest BCUT2D eigenvalue weighted by atomic mass is 10.1. The second-order valence-corrected chi connectivity index (χ2v) is 6.07. The SMILES string of the molecule is CN1C(=O)C(=Cc2ccc(SCc3ccco3)o2)C(=O)N(C)C1=O. The molecule has 0 aliphatic carbocycles. The number of hydrogen-bond acceptors (Lipinski definition) is 6. The van der Waals surface area contributed by atoms with Gasteiger partial charge >= 0.3 is 6.03 Å². The van der Waals surface area contributed by atoms with Crippen molar-refractivity contribution in [1.29, 1.82) is 0 Å². The first-order chi connectivity index (χ1) is 11.5. The molecule has 0 spiro atoms. The zero-order chi connectivity index (χ0) is 17.3. The molecule has 1 aliphatic rings. The molecule has 0 N–H and O–H groups in total. The quantitative estimate of drug-likeness (QED) is 0.481. The summed E-state index contributed by atoms with van der Waals surface area (Å²) in [6.45, 7) is 0. The van der Waals surface area contributed by atoms with Gasteiger partial charge in [-0.3, -0.25) is 19.4 Å². The normalized spacial score (nSPS) is 15.4. The third-order valence-electron chi connectivity index (χ3n) is 3.47. The molecular weight excluding hydrogens is 332 g/mol. The smallest absolute Gasteiger partial charge is 0.333 e. The van der Waals surface area contributed by atoms with Crippen LogP contribution in [-0.2, 0) is 15.3 Å². The number of amides is 4. The van der Waals surface area contributed by atoms with Crippen LogP contribution in [0.25, 0.3) is 6.08 Å². The lowest BCUT2D eigenvalue weighted by Crippen LogP contribution is -2.52. The minimum Gasteiger partial charge on any atom is -0.468 e. The molecule has 24 heavy (non-hydrogen) atoms. The maximum atomic E-state index is 12.1. The van der Waals surface area contributed by atoms with Gasteiger partial charge in [-0.05, 0) is 30.3 Å². The summed E-state index contributed by atoms with van der Waals surface area (Å²) >= 11 is 1.43. The molecule has 1 aliphatic heterocycles. The van der Waals surface area contributed by atoms with Gasteiger partial charge in [-0.1, -0.05) is 11.8 Å². The third kappa shape index (κ3) is 3.00. The van der Waals surface area contributed by atoms with Gasteiger partial charge in [0.15, 0.2) is 5.09 Å². The Balaban J connectivity index is 1.77. The standard InChI is InChI=1S/C16H14N2O5S/c1-17-14(19)12(15(20)18(2)16(17)21)8-10-5-6-13(23-10)24-9-11-4-3-7-22-11/h3-8H,9H2,1-2H3. The summed E-state index contributed by atoms with van der Waals surface area (Å²) in [6, 6.07) is 6.42. The Morgan fingerprint density at radius 1 is 1.08 bits per heavy atom. The Bertz CT molecular complexity index is 795. The van der Waals surface area contributed by atoms with E-state index in [0.717, 1.165) is 15.6 Å². The largest absolute Gasteiger partial charge is 0.468 e. The van der Waals surface area contributed by atoms with Crippen LogP contribution in [0.15, 0.2) is 50.0 Å². The van der Waals surface area contributed by atoms with Crippen molar-refractivity contribution in [3.63, 3.8) is 0 Å². The number of hydrogen-bond donors (Lipinski definition) is 0. The van der Waals surface area contributed by atoms with Crippen LogP contribution in [0.4, 0.5) is 4.79 Å². The van der Waals surface area contributed by atoms with Crippen LogP contribution in [0, 0.1) is 0 Å². The van der Waals surface area contributed by atoms with Crippen molar-refractivity contribution in [1.82, 2.24) is 9.80 Å². The maximum absolute atomic E-state index is 12.1. The number of nitrogens with zero attached hydrogens (tertiary/aromatic N) is 2. The number of urea groups is 1. The van der Waals surface area contributed by atoms with Crippen molar-refractivity contribution < 1.29 is 23.2 Å². The second kappa shape index (κ2) is 6.40. The van der Waals surface area contributed by atoms with E-state index in [1.807, 2.05) is 12.1 Å². The van der Waals surface area contributed by atoms with E-state index in [9.17, 15) is 14.4 Å². The molecule has 0 unspecified atom stereocenters. The molecule has 124 valence electrons. The van der Waals surface area contributed by atoms with E-state index in [-0.39, 0.29) is 5.57 Å². The zero-order valence-electron chi connectivity index (χ0n) is 13.0. The molecule has 0 atom stereocenters. The van der Waals surface area contributed by atoms with Crippen LogP contribution >= 0.6 is 11.8 Å². The first kappa shape index (κ1) is 16.1. The van der Waals surface area contributed by atoms with Gasteiger partial charge in [0.25, 0.3) is 11.8 Å². The van der Waals surface area contributed by atoms with Crippen molar-refractivity contribution >= 4 is 35.7 Å². The van der Waals surface area contributed by atoms with Crippen LogP contribution in [0.5, 0.6) is 0 Å². The van der Waals surface area contributed by atoms with Gasteiger partial charge in [0, 0.05) is 14.1 Å². The van der Waals surface area contributed by atoms with E-state index < -0.39 is 17.8 Å². The highest BCUT2D eigenvalue weighted by atomic mass is 32.2. The number of furan rings is 2. The van der Waals surface area contributed by atoms with Crippen LogP contribution in [0.2, 0.25) is 0 Å². The van der Waals surface area contributed by atoms with Crippen molar-refractivity contribution in [3.8, 4) is 0 Å². The monoisotopic (exact) mass is 346 g/mol. The molecule has 0 radical (unpaired) electrons. The fourth-order valence-corrected chi connectivity index (χ4v) is 2.91. The van der Waals surface area contributed by atoms with Crippen molar-refractivity contribution in [2.24, 2.45) is 0 Å². The van der Waals surface area contributed by atoms with E-state index in [4.69, 9.17) is 8.83 Å². The van der Waals surface area contributed by atoms with E-state index >= 15 is 0 Å². The average molecular weight is 346 g/mol. The topological polar surface area (TPSA) is 84.0 Å². The summed E-state index contributed by atoms with van der Waals surface area (Å²) in [6.07, 6.45) is 2.95. The molecule has 0 saturated carbocycles. The lowest BCUT2D eigenvalue weighted by molar-refractivity contribution is -0.134. The van der Waals surface area contributed by atoms with E-state index in [0.29, 0.717) is 16.6 Å². The fourth-order valence-electron chi connectivity index (χ4n) is 2.14. The van der Waals surface area contributed by atoms with Gasteiger partial charge in [0.05, 0.1) is 12.0 Å². The molecule has 3 rings (SSSR count). The summed E-state index contributed by atoms with van der Waals surface area (Å²) in [4.78, 5) is 37.7. The highest BCUT2D eigenvalue weighted by Crippen LogP contribution is 2.27. The number of carbonyl (C=O) groups is 3. The molecule has 0 bridgehead atoms. The average Bonchev–Trinajstić information content (AvgIpc) is 3.25. The first-order valence-corrected chi connectivity index (χ1v) is 8.02. The molecule has 8 heteroatoms. The van der Waals surface area contributed by atoms with Crippen molar-refractivity contribution in [2.45, 2.75) is 10.8 Å². The highest BCUT2D eigenvalue weighted by Gasteiger charge is 2.37. The Kier molecular flexibility index (Phi) is 4.30. The fraction of sp³-hybridized carbons (Fsp3) is 0.188. The van der Waals surface area contributed by atoms with Crippen molar-refractivity contribution in [3.05, 3.63) is 47.6 Å². The number of thioether (sulfide) groups is 1. The Labute approximate surface area is 141 Å². The summed E-state index contributed by atoms with van der Waals surface area (Å²) in [5.74, 6) is 0.489. The van der Waals surface area contributed by atoms with Crippen LogP contribution in [0.3, 0.4) is 0 Å². The predicted molar refractivity (Wildman–Crippen MR) is 85.9 cm³/mol. The number of imide groups is 2. The van der Waals surface area contributed by atoms with Crippen LogP contribution in [0.1, 0.15) is 11.5 Å². The molecule has 2 aromatic rings. The second-order valence-electron chi connectivity index (χ2n) is 5.09. The van der Waals surface area contributed by atoms with Crippen LogP contribution in [-0.4, -0.2) is 41.7 Å². The van der Waals surface area contributed by atoms with Gasteiger partial charge in [-0.15, -0.1) is 0 Å². The number of rotatable bonds is 4. The van der Waals surface area contributed by atoms with Gasteiger partial charge < -0.3 is 8.83 Å². The molecule has 4 amide bonds.